The van der Waals surface area contributed by atoms with Gasteiger partial charge < -0.3 is 0 Å². The molecule has 0 spiro atoms. The zero-order chi connectivity index (χ0) is 10.8. The summed E-state index contributed by atoms with van der Waals surface area (Å²) in [5, 5.41) is 0. The highest BCUT2D eigenvalue weighted by atomic mass is 19.1. The molecule has 0 nitrogen and oxygen atoms in total. The summed E-state index contributed by atoms with van der Waals surface area (Å²) in [7, 11) is 0. The monoisotopic (exact) mass is 204 g/mol. The van der Waals surface area contributed by atoms with Crippen molar-refractivity contribution in [2.24, 2.45) is 0 Å². The molecule has 0 saturated carbocycles. The quantitative estimate of drug-likeness (QED) is 0.570. The molecular weight excluding hydrogens is 194 g/mol. The minimum absolute atomic E-state index is 0. The van der Waals surface area contributed by atoms with E-state index in [1.807, 2.05) is 13.0 Å². The summed E-state index contributed by atoms with van der Waals surface area (Å²) in [6.07, 6.45) is 9.39. The molecule has 0 aliphatic heterocycles. The number of benzene rings is 1. The van der Waals surface area contributed by atoms with Crippen LogP contribution in [0.25, 0.3) is 0 Å². The molecule has 0 radical (unpaired) electrons. The van der Waals surface area contributed by atoms with E-state index in [-0.39, 0.29) is 10.5 Å². The van der Waals surface area contributed by atoms with Crippen molar-refractivity contribution in [3.05, 3.63) is 35.6 Å². The number of halogens is 2. The number of rotatable bonds is 0. The van der Waals surface area contributed by atoms with E-state index in [2.05, 4.69) is 23.7 Å². The standard InChI is InChI=1S/C7H7F.C6H2.FH/c1-6-3-2-4-7(8)5-6;1-3-5-6-4-2;/h2-5H,1H3;1-2H;1H. The molecule has 1 aromatic rings. The number of terminal acetylenes is 2. The molecule has 2 heteroatoms. The van der Waals surface area contributed by atoms with Crippen molar-refractivity contribution in [2.75, 3.05) is 0 Å². The molecule has 1 rings (SSSR count). The van der Waals surface area contributed by atoms with E-state index in [1.54, 1.807) is 6.07 Å². The van der Waals surface area contributed by atoms with E-state index in [1.165, 1.54) is 12.1 Å². The average Bonchev–Trinajstić information content (AvgIpc) is 2.15. The number of hydrogen-bond acceptors (Lipinski definition) is 0. The molecule has 0 aliphatic carbocycles. The van der Waals surface area contributed by atoms with Crippen LogP contribution in [0.1, 0.15) is 5.56 Å². The van der Waals surface area contributed by atoms with E-state index in [4.69, 9.17) is 12.8 Å². The minimum Gasteiger partial charge on any atom is -0.269 e. The Morgan fingerprint density at radius 3 is 1.93 bits per heavy atom. The third-order valence-electron chi connectivity index (χ3n) is 1.19. The van der Waals surface area contributed by atoms with E-state index in [0.29, 0.717) is 0 Å². The van der Waals surface area contributed by atoms with Crippen LogP contribution in [0.4, 0.5) is 9.09 Å². The lowest BCUT2D eigenvalue weighted by Crippen LogP contribution is -1.72. The summed E-state index contributed by atoms with van der Waals surface area (Å²) in [5.41, 5.74) is 0.963. The van der Waals surface area contributed by atoms with E-state index < -0.39 is 0 Å². The van der Waals surface area contributed by atoms with Gasteiger partial charge in [-0.15, -0.1) is 12.8 Å². The maximum absolute atomic E-state index is 12.2. The van der Waals surface area contributed by atoms with Crippen LogP contribution in [-0.2, 0) is 0 Å². The number of hydrogen-bond donors (Lipinski definition) is 0. The first-order valence-electron chi connectivity index (χ1n) is 3.84. The van der Waals surface area contributed by atoms with Gasteiger partial charge in [0.1, 0.15) is 5.82 Å². The second-order valence-corrected chi connectivity index (χ2v) is 2.34. The van der Waals surface area contributed by atoms with Crippen LogP contribution in [0.5, 0.6) is 0 Å². The van der Waals surface area contributed by atoms with Gasteiger partial charge >= 0.3 is 0 Å². The van der Waals surface area contributed by atoms with Crippen molar-refractivity contribution in [1.29, 1.82) is 0 Å². The second kappa shape index (κ2) is 9.85. The van der Waals surface area contributed by atoms with Crippen LogP contribution in [0.15, 0.2) is 24.3 Å². The Balaban J connectivity index is 0. The van der Waals surface area contributed by atoms with Crippen molar-refractivity contribution in [1.82, 2.24) is 0 Å². The molecule has 0 N–H and O–H groups in total. The zero-order valence-corrected chi connectivity index (χ0v) is 8.25. The Bertz CT molecular complexity index is 387. The Labute approximate surface area is 88.9 Å². The molecule has 76 valence electrons. The first-order valence-corrected chi connectivity index (χ1v) is 3.84. The fourth-order valence-corrected chi connectivity index (χ4v) is 0.678. The van der Waals surface area contributed by atoms with Gasteiger partial charge in [0.15, 0.2) is 0 Å². The van der Waals surface area contributed by atoms with Gasteiger partial charge in [0.25, 0.3) is 0 Å². The molecule has 0 bridgehead atoms. The Hall–Kier alpha value is -2.24. The van der Waals surface area contributed by atoms with Gasteiger partial charge in [-0.05, 0) is 48.3 Å². The maximum Gasteiger partial charge on any atom is 0.123 e. The van der Waals surface area contributed by atoms with E-state index in [0.717, 1.165) is 5.56 Å². The second-order valence-electron chi connectivity index (χ2n) is 2.34. The predicted octanol–water partition coefficient (Wildman–Crippen LogP) is 2.54. The molecule has 1 aromatic carbocycles. The van der Waals surface area contributed by atoms with Gasteiger partial charge in [0.05, 0.1) is 0 Å². The fraction of sp³-hybridized carbons (Fsp3) is 0.0769. The van der Waals surface area contributed by atoms with Crippen molar-refractivity contribution in [3.63, 3.8) is 0 Å². The zero-order valence-electron chi connectivity index (χ0n) is 8.25. The van der Waals surface area contributed by atoms with Gasteiger partial charge in [0.2, 0.25) is 0 Å². The largest absolute Gasteiger partial charge is 0.269 e. The molecule has 0 saturated heterocycles. The highest BCUT2D eigenvalue weighted by Crippen LogP contribution is 1.99. The van der Waals surface area contributed by atoms with Crippen molar-refractivity contribution < 1.29 is 9.09 Å². The summed E-state index contributed by atoms with van der Waals surface area (Å²) in [4.78, 5) is 0. The molecule has 0 aromatic heterocycles. The first kappa shape index (κ1) is 15.2. The summed E-state index contributed by atoms with van der Waals surface area (Å²) >= 11 is 0. The van der Waals surface area contributed by atoms with Gasteiger partial charge in [-0.1, -0.05) is 12.1 Å². The first-order chi connectivity index (χ1) is 6.70. The predicted molar refractivity (Wildman–Crippen MR) is 59.1 cm³/mol. The molecule has 0 fully saturated rings. The Morgan fingerprint density at radius 2 is 1.67 bits per heavy atom. The maximum atomic E-state index is 12.2. The summed E-state index contributed by atoms with van der Waals surface area (Å²) < 4.78 is 12.2. The lowest BCUT2D eigenvalue weighted by molar-refractivity contribution is 0.626. The summed E-state index contributed by atoms with van der Waals surface area (Å²) in [5.74, 6) is 8.45. The molecule has 0 aliphatic rings. The molecule has 0 atom stereocenters. The van der Waals surface area contributed by atoms with Gasteiger partial charge in [0, 0.05) is 0 Å². The van der Waals surface area contributed by atoms with E-state index in [9.17, 15) is 4.39 Å². The number of aryl methyl sites for hydroxylation is 1. The minimum atomic E-state index is -0.162. The van der Waals surface area contributed by atoms with Gasteiger partial charge in [-0.3, -0.25) is 4.70 Å². The third kappa shape index (κ3) is 9.68. The lowest BCUT2D eigenvalue weighted by atomic mass is 10.2. The Morgan fingerprint density at radius 1 is 1.13 bits per heavy atom. The average molecular weight is 204 g/mol. The van der Waals surface area contributed by atoms with Crippen molar-refractivity contribution in [2.45, 2.75) is 6.92 Å². The van der Waals surface area contributed by atoms with Gasteiger partial charge in [-0.25, -0.2) is 4.39 Å². The van der Waals surface area contributed by atoms with Crippen LogP contribution < -0.4 is 0 Å². The molecular formula is C13H10F2. The molecule has 15 heavy (non-hydrogen) atoms. The Kier molecular flexibility index (Phi) is 10.0. The fourth-order valence-electron chi connectivity index (χ4n) is 0.678. The van der Waals surface area contributed by atoms with Crippen LogP contribution >= 0.6 is 0 Å². The summed E-state index contributed by atoms with van der Waals surface area (Å²) in [6.45, 7) is 1.86. The summed E-state index contributed by atoms with van der Waals surface area (Å²) in [6, 6.07) is 6.50. The highest BCUT2D eigenvalue weighted by molar-refractivity contribution is 5.31. The topological polar surface area (TPSA) is 0 Å². The molecule has 0 amide bonds. The van der Waals surface area contributed by atoms with Crippen LogP contribution in [0, 0.1) is 49.3 Å². The van der Waals surface area contributed by atoms with Crippen molar-refractivity contribution in [3.8, 4) is 36.5 Å². The SMILES string of the molecule is C#CC#CC#C.Cc1cccc(F)c1.F. The normalized spacial score (nSPS) is 6.13. The molecule has 0 unspecified atom stereocenters. The smallest absolute Gasteiger partial charge is 0.123 e. The molecule has 0 heterocycles. The third-order valence-corrected chi connectivity index (χ3v) is 1.19. The highest BCUT2D eigenvalue weighted by Gasteiger charge is 1.84. The van der Waals surface area contributed by atoms with Crippen LogP contribution in [0.3, 0.4) is 0 Å². The lowest BCUT2D eigenvalue weighted by Gasteiger charge is -1.87. The van der Waals surface area contributed by atoms with E-state index >= 15 is 0 Å². The van der Waals surface area contributed by atoms with Crippen LogP contribution in [0.2, 0.25) is 0 Å². The van der Waals surface area contributed by atoms with Crippen molar-refractivity contribution >= 4 is 0 Å². The van der Waals surface area contributed by atoms with Gasteiger partial charge in [-0.2, -0.15) is 0 Å². The van der Waals surface area contributed by atoms with Crippen LogP contribution in [-0.4, -0.2) is 0 Å².